The highest BCUT2D eigenvalue weighted by molar-refractivity contribution is 7.68. The maximum Gasteiger partial charge on any atom is 0.308 e. The standard InChI is InChI=1S/C32H24O4P2.C21H23O8P/c33-37(31-18-7-3-14-27(31)25-12-1-5-16-29(25)35-37)21-23-10-9-11-24(20-23)22-38(34)32-19-8-4-15-28(32)26-13-2-6-17-30(26)36-38;22-9-10-28-21(24)13-16(27-12-11-26-15-23)14-30(25)20-8-4-2-6-18(20)17-5-1-3-7-19(17)29-30/h1-20H,21-22H2;1-8,15-16,22H,9-14H2. The highest BCUT2D eigenvalue weighted by Crippen LogP contribution is 2.59. The number of benzene rings is 7. The minimum atomic E-state index is -3.42. The zero-order valence-corrected chi connectivity index (χ0v) is 39.4. The van der Waals surface area contributed by atoms with Crippen LogP contribution in [0, 0.1) is 0 Å². The third kappa shape index (κ3) is 9.88. The van der Waals surface area contributed by atoms with E-state index in [0.29, 0.717) is 29.0 Å². The lowest BCUT2D eigenvalue weighted by Crippen LogP contribution is -2.30. The van der Waals surface area contributed by atoms with Gasteiger partial charge >= 0.3 is 5.97 Å². The molecular formula is C53H47O12P3. The van der Waals surface area contributed by atoms with E-state index in [-0.39, 0.29) is 51.3 Å². The molecule has 15 heteroatoms. The van der Waals surface area contributed by atoms with E-state index >= 15 is 0 Å². The molecule has 4 atom stereocenters. The molecule has 1 N–H and O–H groups in total. The average molecular weight is 969 g/mol. The first-order valence-electron chi connectivity index (χ1n) is 22.0. The van der Waals surface area contributed by atoms with Gasteiger partial charge in [-0.15, -0.1) is 0 Å². The van der Waals surface area contributed by atoms with Crippen molar-refractivity contribution in [3.05, 3.63) is 181 Å². The van der Waals surface area contributed by atoms with E-state index in [9.17, 15) is 23.3 Å². The Labute approximate surface area is 394 Å². The lowest BCUT2D eigenvalue weighted by Gasteiger charge is -2.30. The molecule has 7 aromatic rings. The number of aliphatic hydroxyl groups is 1. The predicted octanol–water partition coefficient (Wildman–Crippen LogP) is 10.1. The van der Waals surface area contributed by atoms with Gasteiger partial charge in [-0.05, 0) is 64.2 Å². The third-order valence-electron chi connectivity index (χ3n) is 11.7. The Morgan fingerprint density at radius 3 is 1.38 bits per heavy atom. The second-order valence-corrected chi connectivity index (χ2v) is 23.3. The van der Waals surface area contributed by atoms with Crippen LogP contribution in [0.2, 0.25) is 0 Å². The van der Waals surface area contributed by atoms with Crippen molar-refractivity contribution in [3.8, 4) is 50.6 Å². The number of carbonyl (C=O) groups is 2. The van der Waals surface area contributed by atoms with E-state index in [1.54, 1.807) is 24.3 Å². The number of rotatable bonds is 15. The molecule has 10 rings (SSSR count). The van der Waals surface area contributed by atoms with E-state index in [2.05, 4.69) is 4.74 Å². The normalized spacial score (nSPS) is 19.4. The van der Waals surface area contributed by atoms with Gasteiger partial charge in [0.1, 0.15) is 30.5 Å². The molecule has 3 aliphatic heterocycles. The van der Waals surface area contributed by atoms with E-state index in [4.69, 9.17) is 28.2 Å². The maximum absolute atomic E-state index is 14.4. The van der Waals surface area contributed by atoms with Crippen LogP contribution in [0.15, 0.2) is 170 Å². The molecule has 0 aromatic heterocycles. The summed E-state index contributed by atoms with van der Waals surface area (Å²) in [5.41, 5.74) is 7.21. The van der Waals surface area contributed by atoms with Crippen LogP contribution in [-0.2, 0) is 49.8 Å². The summed E-state index contributed by atoms with van der Waals surface area (Å²) in [5, 5.41) is 10.9. The van der Waals surface area contributed by atoms with Crippen LogP contribution in [0.5, 0.6) is 17.2 Å². The summed E-state index contributed by atoms with van der Waals surface area (Å²) in [6.45, 7) is -0.112. The highest BCUT2D eigenvalue weighted by Gasteiger charge is 2.40. The van der Waals surface area contributed by atoms with Crippen molar-refractivity contribution in [2.45, 2.75) is 24.8 Å². The fourth-order valence-electron chi connectivity index (χ4n) is 8.76. The van der Waals surface area contributed by atoms with Crippen LogP contribution >= 0.6 is 22.1 Å². The molecule has 0 fully saturated rings. The minimum Gasteiger partial charge on any atom is -0.465 e. The summed E-state index contributed by atoms with van der Waals surface area (Å²) in [4.78, 5) is 22.4. The monoisotopic (exact) mass is 968 g/mol. The Morgan fingerprint density at radius 2 is 0.926 bits per heavy atom. The predicted molar refractivity (Wildman–Crippen MR) is 262 cm³/mol. The van der Waals surface area contributed by atoms with Gasteiger partial charge in [-0.2, -0.15) is 0 Å². The Bertz CT molecular complexity index is 3010. The molecule has 7 aromatic carbocycles. The molecule has 68 heavy (non-hydrogen) atoms. The molecule has 0 radical (unpaired) electrons. The van der Waals surface area contributed by atoms with Gasteiger partial charge in [-0.1, -0.05) is 133 Å². The average Bonchev–Trinajstić information content (AvgIpc) is 3.35. The Morgan fingerprint density at radius 1 is 0.515 bits per heavy atom. The van der Waals surface area contributed by atoms with E-state index in [0.717, 1.165) is 55.1 Å². The molecule has 4 unspecified atom stereocenters. The number of fused-ring (bicyclic) bond motifs is 9. The second-order valence-electron chi connectivity index (χ2n) is 16.3. The lowest BCUT2D eigenvalue weighted by molar-refractivity contribution is -0.148. The quantitative estimate of drug-likeness (QED) is 0.0449. The fraction of sp³-hybridized carbons (Fsp3) is 0.170. The zero-order valence-electron chi connectivity index (χ0n) is 36.8. The molecule has 0 saturated carbocycles. The number of esters is 1. The van der Waals surface area contributed by atoms with Crippen LogP contribution in [0.3, 0.4) is 0 Å². The van der Waals surface area contributed by atoms with Gasteiger partial charge < -0.3 is 32.9 Å². The van der Waals surface area contributed by atoms with Crippen molar-refractivity contribution in [1.82, 2.24) is 0 Å². The highest BCUT2D eigenvalue weighted by atomic mass is 31.2. The molecule has 12 nitrogen and oxygen atoms in total. The smallest absolute Gasteiger partial charge is 0.308 e. The van der Waals surface area contributed by atoms with Crippen molar-refractivity contribution >= 4 is 50.5 Å². The molecular weight excluding hydrogens is 921 g/mol. The Kier molecular flexibility index (Phi) is 14.0. The lowest BCUT2D eigenvalue weighted by atomic mass is 10.0. The Balaban J connectivity index is 0.000000175. The summed E-state index contributed by atoms with van der Waals surface area (Å²) in [6.07, 6.45) is -0.546. The van der Waals surface area contributed by atoms with Crippen molar-refractivity contribution in [2.24, 2.45) is 0 Å². The van der Waals surface area contributed by atoms with Crippen molar-refractivity contribution in [2.75, 3.05) is 32.6 Å². The first-order valence-corrected chi connectivity index (χ1v) is 27.5. The maximum atomic E-state index is 14.4. The van der Waals surface area contributed by atoms with Crippen LogP contribution in [0.4, 0.5) is 0 Å². The van der Waals surface area contributed by atoms with Crippen LogP contribution in [-0.4, -0.2) is 56.2 Å². The first-order chi connectivity index (χ1) is 33.1. The fourth-order valence-corrected chi connectivity index (χ4v) is 16.0. The molecule has 0 spiro atoms. The number of carbonyl (C=O) groups excluding carboxylic acids is 2. The first kappa shape index (κ1) is 46.6. The number of hydrogen-bond acceptors (Lipinski definition) is 12. The van der Waals surface area contributed by atoms with Crippen molar-refractivity contribution in [1.29, 1.82) is 0 Å². The molecule has 3 heterocycles. The van der Waals surface area contributed by atoms with E-state index in [1.807, 2.05) is 146 Å². The van der Waals surface area contributed by atoms with Crippen molar-refractivity contribution < 1.29 is 56.2 Å². The molecule has 0 saturated heterocycles. The summed E-state index contributed by atoms with van der Waals surface area (Å²) in [6, 6.07) is 53.4. The van der Waals surface area contributed by atoms with Gasteiger partial charge in [0.25, 0.3) is 28.6 Å². The topological polar surface area (TPSA) is 161 Å². The third-order valence-corrected chi connectivity index (χ3v) is 19.0. The molecule has 3 aliphatic rings. The van der Waals surface area contributed by atoms with Gasteiger partial charge in [-0.25, -0.2) is 0 Å². The van der Waals surface area contributed by atoms with Crippen LogP contribution < -0.4 is 29.5 Å². The van der Waals surface area contributed by atoms with Gasteiger partial charge in [0.15, 0.2) is 0 Å². The van der Waals surface area contributed by atoms with Gasteiger partial charge in [-0.3, -0.25) is 23.3 Å². The number of aliphatic hydroxyl groups excluding tert-OH is 1. The number of ether oxygens (including phenoxy) is 3. The van der Waals surface area contributed by atoms with Crippen LogP contribution in [0.1, 0.15) is 17.5 Å². The SMILES string of the molecule is O=COCCOC(CC(=O)OCCO)CP1(=O)Oc2ccccc2-c2ccccc21.O=P1(Cc2cccc(CP3(=O)Oc4ccccc4-c4ccccc43)c2)Oc2ccccc2-c2ccccc21. The van der Waals surface area contributed by atoms with E-state index in [1.165, 1.54) is 0 Å². The van der Waals surface area contributed by atoms with Crippen molar-refractivity contribution in [3.63, 3.8) is 0 Å². The largest absolute Gasteiger partial charge is 0.465 e. The number of hydrogen-bond donors (Lipinski definition) is 1. The second kappa shape index (κ2) is 20.4. The van der Waals surface area contributed by atoms with Gasteiger partial charge in [0.05, 0.1) is 60.1 Å². The molecule has 0 amide bonds. The number of para-hydroxylation sites is 3. The summed E-state index contributed by atoms with van der Waals surface area (Å²) < 4.78 is 76.2. The summed E-state index contributed by atoms with van der Waals surface area (Å²) in [5.74, 6) is 1.19. The van der Waals surface area contributed by atoms with Gasteiger partial charge in [0, 0.05) is 16.7 Å². The summed E-state index contributed by atoms with van der Waals surface area (Å²) >= 11 is 0. The van der Waals surface area contributed by atoms with Crippen LogP contribution in [0.25, 0.3) is 33.4 Å². The molecule has 346 valence electrons. The molecule has 0 bridgehead atoms. The minimum absolute atomic E-state index is 0.00370. The Hall–Kier alpha value is -6.51. The van der Waals surface area contributed by atoms with Gasteiger partial charge in [0.2, 0.25) is 0 Å². The van der Waals surface area contributed by atoms with E-state index < -0.39 is 34.2 Å². The molecule has 0 aliphatic carbocycles. The zero-order chi connectivity index (χ0) is 47.1. The summed E-state index contributed by atoms with van der Waals surface area (Å²) in [7, 11) is -9.89.